The summed E-state index contributed by atoms with van der Waals surface area (Å²) in [5, 5.41) is 25.1. The van der Waals surface area contributed by atoms with Gasteiger partial charge < -0.3 is 15.3 Å². The predicted octanol–water partition coefficient (Wildman–Crippen LogP) is 3.61. The highest BCUT2D eigenvalue weighted by Crippen LogP contribution is 2.09. The Labute approximate surface area is 121 Å². The molecule has 0 saturated heterocycles. The molecular weight excluding hydrogens is 240 g/mol. The van der Waals surface area contributed by atoms with Crippen molar-refractivity contribution in [2.75, 3.05) is 19.8 Å². The first kappa shape index (κ1) is 23.9. The summed E-state index contributed by atoms with van der Waals surface area (Å²) < 4.78 is 0. The molecule has 0 aromatic rings. The lowest BCUT2D eigenvalue weighted by molar-refractivity contribution is 0.177. The molecule has 0 aromatic heterocycles. The van der Waals surface area contributed by atoms with E-state index in [1.807, 2.05) is 41.5 Å². The van der Waals surface area contributed by atoms with Gasteiger partial charge >= 0.3 is 0 Å². The van der Waals surface area contributed by atoms with Gasteiger partial charge in [-0.1, -0.05) is 67.7 Å². The van der Waals surface area contributed by atoms with Crippen molar-refractivity contribution in [1.82, 2.24) is 0 Å². The molecule has 0 bridgehead atoms. The largest absolute Gasteiger partial charge is 0.396 e. The fourth-order valence-electron chi connectivity index (χ4n) is 0.539. The molecule has 3 N–H and O–H groups in total. The first-order valence-electron chi connectivity index (χ1n) is 7.36. The maximum absolute atomic E-state index is 8.40. The molecule has 19 heavy (non-hydrogen) atoms. The summed E-state index contributed by atoms with van der Waals surface area (Å²) >= 11 is 0. The Morgan fingerprint density at radius 1 is 0.632 bits per heavy atom. The minimum atomic E-state index is 0.0972. The standard InChI is InChI=1S/C6H14O.2C5H12O/c1-2-3-4-5-6-7;2*1-5(2,3)4-6/h7H,2-6H2,1H3;2*6H,4H2,1-3H3. The summed E-state index contributed by atoms with van der Waals surface area (Å²) in [6, 6.07) is 0. The van der Waals surface area contributed by atoms with E-state index in [0.717, 1.165) is 6.42 Å². The zero-order chi connectivity index (χ0) is 15.9. The zero-order valence-electron chi connectivity index (χ0n) is 14.3. The van der Waals surface area contributed by atoms with Crippen LogP contribution < -0.4 is 0 Å². The average molecular weight is 278 g/mol. The van der Waals surface area contributed by atoms with Gasteiger partial charge in [-0.15, -0.1) is 0 Å². The van der Waals surface area contributed by atoms with Gasteiger partial charge in [0, 0.05) is 19.8 Å². The summed E-state index contributed by atoms with van der Waals surface area (Å²) in [4.78, 5) is 0. The van der Waals surface area contributed by atoms with E-state index in [-0.39, 0.29) is 24.0 Å². The van der Waals surface area contributed by atoms with Crippen LogP contribution in [0.25, 0.3) is 0 Å². The number of aliphatic hydroxyl groups excluding tert-OH is 3. The Morgan fingerprint density at radius 2 is 0.947 bits per heavy atom. The Balaban J connectivity index is -0.000000203. The van der Waals surface area contributed by atoms with Crippen LogP contribution in [0.2, 0.25) is 0 Å². The van der Waals surface area contributed by atoms with Crippen LogP contribution in [-0.2, 0) is 0 Å². The molecule has 0 atom stereocenters. The predicted molar refractivity (Wildman–Crippen MR) is 84.3 cm³/mol. The molecular formula is C16H38O3. The summed E-state index contributed by atoms with van der Waals surface area (Å²) in [5.41, 5.74) is 0.194. The van der Waals surface area contributed by atoms with Crippen molar-refractivity contribution in [3.05, 3.63) is 0 Å². The molecule has 0 amide bonds. The second kappa shape index (κ2) is 14.3. The van der Waals surface area contributed by atoms with Gasteiger partial charge in [0.05, 0.1) is 0 Å². The lowest BCUT2D eigenvalue weighted by Gasteiger charge is -2.11. The van der Waals surface area contributed by atoms with Crippen molar-refractivity contribution in [1.29, 1.82) is 0 Å². The lowest BCUT2D eigenvalue weighted by Crippen LogP contribution is -2.09. The van der Waals surface area contributed by atoms with E-state index in [1.165, 1.54) is 19.3 Å². The van der Waals surface area contributed by atoms with Crippen LogP contribution in [0.5, 0.6) is 0 Å². The first-order valence-corrected chi connectivity index (χ1v) is 7.36. The summed E-state index contributed by atoms with van der Waals surface area (Å²) in [7, 11) is 0. The quantitative estimate of drug-likeness (QED) is 0.688. The van der Waals surface area contributed by atoms with E-state index in [2.05, 4.69) is 6.92 Å². The minimum Gasteiger partial charge on any atom is -0.396 e. The van der Waals surface area contributed by atoms with Gasteiger partial charge in [-0.05, 0) is 17.3 Å². The molecule has 0 aliphatic heterocycles. The van der Waals surface area contributed by atoms with E-state index in [9.17, 15) is 0 Å². The molecule has 0 radical (unpaired) electrons. The smallest absolute Gasteiger partial charge is 0.0479 e. The van der Waals surface area contributed by atoms with Crippen molar-refractivity contribution in [3.63, 3.8) is 0 Å². The number of rotatable bonds is 4. The minimum absolute atomic E-state index is 0.0972. The molecule has 0 aliphatic rings. The van der Waals surface area contributed by atoms with Crippen LogP contribution in [0.3, 0.4) is 0 Å². The summed E-state index contributed by atoms with van der Waals surface area (Å²) in [6.07, 6.45) is 4.68. The maximum atomic E-state index is 8.40. The van der Waals surface area contributed by atoms with Crippen molar-refractivity contribution >= 4 is 0 Å². The van der Waals surface area contributed by atoms with Crippen LogP contribution >= 0.6 is 0 Å². The van der Waals surface area contributed by atoms with Crippen LogP contribution in [-0.4, -0.2) is 35.1 Å². The van der Waals surface area contributed by atoms with Crippen LogP contribution in [0, 0.1) is 10.8 Å². The van der Waals surface area contributed by atoms with E-state index in [1.54, 1.807) is 0 Å². The highest BCUT2D eigenvalue weighted by molar-refractivity contribution is 4.56. The van der Waals surface area contributed by atoms with E-state index < -0.39 is 0 Å². The molecule has 3 nitrogen and oxygen atoms in total. The fourth-order valence-corrected chi connectivity index (χ4v) is 0.539. The molecule has 0 aliphatic carbocycles. The van der Waals surface area contributed by atoms with Gasteiger partial charge in [-0.2, -0.15) is 0 Å². The Morgan fingerprint density at radius 3 is 1.11 bits per heavy atom. The third-order valence-corrected chi connectivity index (χ3v) is 1.96. The summed E-state index contributed by atoms with van der Waals surface area (Å²) in [6.45, 7) is 15.0. The molecule has 0 rings (SSSR count). The molecule has 3 heteroatoms. The van der Waals surface area contributed by atoms with Gasteiger partial charge in [0.15, 0.2) is 0 Å². The molecule has 120 valence electrons. The maximum Gasteiger partial charge on any atom is 0.0479 e. The third-order valence-electron chi connectivity index (χ3n) is 1.96. The van der Waals surface area contributed by atoms with E-state index >= 15 is 0 Å². The Kier molecular flexibility index (Phi) is 18.0. The van der Waals surface area contributed by atoms with Gasteiger partial charge in [-0.3, -0.25) is 0 Å². The normalized spacial score (nSPS) is 11.1. The number of hydrogen-bond donors (Lipinski definition) is 3. The molecule has 0 heterocycles. The van der Waals surface area contributed by atoms with Gasteiger partial charge in [-0.25, -0.2) is 0 Å². The molecule has 0 spiro atoms. The van der Waals surface area contributed by atoms with E-state index in [0.29, 0.717) is 6.61 Å². The van der Waals surface area contributed by atoms with Gasteiger partial charge in [0.25, 0.3) is 0 Å². The van der Waals surface area contributed by atoms with Crippen LogP contribution in [0.15, 0.2) is 0 Å². The average Bonchev–Trinajstić information content (AvgIpc) is 2.30. The molecule has 0 saturated carbocycles. The monoisotopic (exact) mass is 278 g/mol. The van der Waals surface area contributed by atoms with Crippen molar-refractivity contribution in [2.45, 2.75) is 74.1 Å². The number of hydrogen-bond acceptors (Lipinski definition) is 3. The number of unbranched alkanes of at least 4 members (excludes halogenated alkanes) is 3. The highest BCUT2D eigenvalue weighted by atomic mass is 16.3. The topological polar surface area (TPSA) is 60.7 Å². The first-order chi connectivity index (χ1) is 8.54. The molecule has 0 fully saturated rings. The van der Waals surface area contributed by atoms with Crippen molar-refractivity contribution in [3.8, 4) is 0 Å². The van der Waals surface area contributed by atoms with Crippen LogP contribution in [0.1, 0.15) is 74.1 Å². The van der Waals surface area contributed by atoms with Crippen LogP contribution in [0.4, 0.5) is 0 Å². The van der Waals surface area contributed by atoms with E-state index in [4.69, 9.17) is 15.3 Å². The Bertz CT molecular complexity index is 136. The third kappa shape index (κ3) is 46.2. The molecule has 0 aromatic carbocycles. The summed E-state index contributed by atoms with van der Waals surface area (Å²) in [5.74, 6) is 0. The molecule has 0 unspecified atom stereocenters. The highest BCUT2D eigenvalue weighted by Gasteiger charge is 2.05. The van der Waals surface area contributed by atoms with Crippen molar-refractivity contribution < 1.29 is 15.3 Å². The fraction of sp³-hybridized carbons (Fsp3) is 1.00. The zero-order valence-corrected chi connectivity index (χ0v) is 14.3. The Hall–Kier alpha value is -0.120. The second-order valence-corrected chi connectivity index (χ2v) is 7.22. The van der Waals surface area contributed by atoms with Gasteiger partial charge in [0.2, 0.25) is 0 Å². The number of aliphatic hydroxyl groups is 3. The SMILES string of the molecule is CC(C)(C)CO.CC(C)(C)CO.CCCCCCO. The van der Waals surface area contributed by atoms with Crippen molar-refractivity contribution in [2.24, 2.45) is 10.8 Å². The van der Waals surface area contributed by atoms with Gasteiger partial charge in [0.1, 0.15) is 0 Å². The second-order valence-electron chi connectivity index (χ2n) is 7.22. The lowest BCUT2D eigenvalue weighted by atomic mass is 9.99.